The van der Waals surface area contributed by atoms with E-state index in [0.29, 0.717) is 0 Å². The highest BCUT2D eigenvalue weighted by Crippen LogP contribution is 2.22. The topological polar surface area (TPSA) is 67.8 Å². The molecule has 2 aromatic rings. The number of hydrogen-bond donors (Lipinski definition) is 1. The highest BCUT2D eigenvalue weighted by molar-refractivity contribution is 5.83. The molecule has 0 spiro atoms. The Kier molecular flexibility index (Phi) is 3.11. The maximum atomic E-state index is 10.8. The van der Waals surface area contributed by atoms with Gasteiger partial charge in [0.15, 0.2) is 0 Å². The molecule has 0 aromatic heterocycles. The first-order valence-corrected chi connectivity index (χ1v) is 5.62. The molecular weight excluding hydrogens is 214 g/mol. The lowest BCUT2D eigenvalue weighted by Crippen LogP contribution is -2.70. The largest absolute Gasteiger partial charge is 0.544 e. The molecule has 88 valence electrons. The molecule has 17 heavy (non-hydrogen) atoms. The van der Waals surface area contributed by atoms with Crippen LogP contribution < -0.4 is 10.8 Å². The van der Waals surface area contributed by atoms with Crippen molar-refractivity contribution >= 4 is 16.7 Å². The Labute approximate surface area is 99.9 Å². The molecule has 0 saturated carbocycles. The van der Waals surface area contributed by atoms with Gasteiger partial charge in [-0.25, -0.2) is 0 Å². The maximum absolute atomic E-state index is 10.8. The van der Waals surface area contributed by atoms with Gasteiger partial charge < -0.3 is 15.6 Å². The van der Waals surface area contributed by atoms with E-state index in [-0.39, 0.29) is 5.92 Å². The van der Waals surface area contributed by atoms with Crippen LogP contribution in [0.3, 0.4) is 0 Å². The molecule has 0 saturated heterocycles. The van der Waals surface area contributed by atoms with Crippen LogP contribution in [0, 0.1) is 0 Å². The zero-order chi connectivity index (χ0) is 12.4. The second-order valence-electron chi connectivity index (χ2n) is 4.32. The van der Waals surface area contributed by atoms with E-state index < -0.39 is 12.0 Å². The lowest BCUT2D eigenvalue weighted by atomic mass is 9.92. The number of carboxylic acid groups (broad SMARTS) is 1. The van der Waals surface area contributed by atoms with Crippen molar-refractivity contribution in [2.75, 3.05) is 0 Å². The molecule has 0 bridgehead atoms. The van der Waals surface area contributed by atoms with Crippen molar-refractivity contribution in [2.24, 2.45) is 0 Å². The third-order valence-electron chi connectivity index (χ3n) is 3.21. The van der Waals surface area contributed by atoms with Gasteiger partial charge in [-0.15, -0.1) is 0 Å². The van der Waals surface area contributed by atoms with E-state index in [2.05, 4.69) is 5.73 Å². The summed E-state index contributed by atoms with van der Waals surface area (Å²) in [4.78, 5) is 10.8. The van der Waals surface area contributed by atoms with E-state index in [1.165, 1.54) is 0 Å². The summed E-state index contributed by atoms with van der Waals surface area (Å²) in [7, 11) is 0. The van der Waals surface area contributed by atoms with Gasteiger partial charge in [-0.3, -0.25) is 0 Å². The summed E-state index contributed by atoms with van der Waals surface area (Å²) in [6.45, 7) is 1.86. The van der Waals surface area contributed by atoms with Crippen LogP contribution in [0.4, 0.5) is 0 Å². The van der Waals surface area contributed by atoms with Gasteiger partial charge in [0.2, 0.25) is 0 Å². The van der Waals surface area contributed by atoms with Crippen LogP contribution in [0.1, 0.15) is 18.4 Å². The molecule has 0 aliphatic carbocycles. The Balaban J connectivity index is 2.39. The van der Waals surface area contributed by atoms with Crippen molar-refractivity contribution in [1.29, 1.82) is 0 Å². The van der Waals surface area contributed by atoms with E-state index in [4.69, 9.17) is 0 Å². The van der Waals surface area contributed by atoms with Gasteiger partial charge in [-0.05, 0) is 16.3 Å². The fourth-order valence-electron chi connectivity index (χ4n) is 1.93. The number of carboxylic acids is 1. The zero-order valence-electron chi connectivity index (χ0n) is 9.72. The molecule has 0 radical (unpaired) electrons. The number of benzene rings is 2. The second kappa shape index (κ2) is 4.55. The minimum atomic E-state index is -1.11. The maximum Gasteiger partial charge on any atom is 0.131 e. The van der Waals surface area contributed by atoms with Crippen LogP contribution in [0.2, 0.25) is 0 Å². The van der Waals surface area contributed by atoms with Crippen molar-refractivity contribution in [2.45, 2.75) is 18.9 Å². The summed E-state index contributed by atoms with van der Waals surface area (Å²) >= 11 is 0. The van der Waals surface area contributed by atoms with E-state index in [9.17, 15) is 9.90 Å². The van der Waals surface area contributed by atoms with Crippen LogP contribution >= 0.6 is 0 Å². The second-order valence-corrected chi connectivity index (χ2v) is 4.32. The monoisotopic (exact) mass is 229 g/mol. The summed E-state index contributed by atoms with van der Waals surface area (Å²) in [6, 6.07) is 13.2. The molecule has 0 fully saturated rings. The average Bonchev–Trinajstić information content (AvgIpc) is 2.36. The minimum Gasteiger partial charge on any atom is -0.544 e. The number of carbonyl (C=O) groups excluding carboxylic acids is 1. The van der Waals surface area contributed by atoms with Crippen LogP contribution in [0.15, 0.2) is 42.5 Å². The number of carbonyl (C=O) groups is 1. The van der Waals surface area contributed by atoms with E-state index in [1.54, 1.807) is 0 Å². The molecule has 0 aliphatic rings. The molecule has 0 heterocycles. The average molecular weight is 229 g/mol. The SMILES string of the molecule is C[C@@H](c1ccc2ccccc2c1)[C@@H]([NH3+])C(=O)[O-]. The highest BCUT2D eigenvalue weighted by atomic mass is 16.4. The summed E-state index contributed by atoms with van der Waals surface area (Å²) < 4.78 is 0. The molecule has 3 nitrogen and oxygen atoms in total. The van der Waals surface area contributed by atoms with Crippen molar-refractivity contribution in [3.05, 3.63) is 48.0 Å². The third kappa shape index (κ3) is 2.29. The predicted molar refractivity (Wildman–Crippen MR) is 64.0 cm³/mol. The predicted octanol–water partition coefficient (Wildman–Crippen LogP) is 0.304. The Morgan fingerprint density at radius 3 is 2.47 bits per heavy atom. The molecule has 0 amide bonds. The van der Waals surface area contributed by atoms with Gasteiger partial charge in [-0.2, -0.15) is 0 Å². The van der Waals surface area contributed by atoms with Crippen molar-refractivity contribution in [3.63, 3.8) is 0 Å². The first-order valence-electron chi connectivity index (χ1n) is 5.62. The van der Waals surface area contributed by atoms with Crippen LogP contribution in [0.25, 0.3) is 10.8 Å². The minimum absolute atomic E-state index is 0.149. The van der Waals surface area contributed by atoms with Gasteiger partial charge in [0.1, 0.15) is 6.04 Å². The molecular formula is C14H15NO2. The van der Waals surface area contributed by atoms with Crippen molar-refractivity contribution < 1.29 is 15.6 Å². The molecule has 2 atom stereocenters. The number of rotatable bonds is 3. The van der Waals surface area contributed by atoms with E-state index >= 15 is 0 Å². The standard InChI is InChI=1S/C14H15NO2/c1-9(13(15)14(16)17)11-7-6-10-4-2-3-5-12(10)8-11/h2-9,13H,15H2,1H3,(H,16,17)/t9-,13+/m0/s1. The molecule has 2 rings (SSSR count). The van der Waals surface area contributed by atoms with Gasteiger partial charge in [0.25, 0.3) is 0 Å². The quantitative estimate of drug-likeness (QED) is 0.822. The first-order chi connectivity index (χ1) is 8.09. The lowest BCUT2D eigenvalue weighted by molar-refractivity contribution is -0.441. The van der Waals surface area contributed by atoms with Crippen LogP contribution in [-0.4, -0.2) is 12.0 Å². The normalized spacial score (nSPS) is 14.5. The molecule has 3 N–H and O–H groups in total. The van der Waals surface area contributed by atoms with Crippen LogP contribution in [-0.2, 0) is 4.79 Å². The summed E-state index contributed by atoms with van der Waals surface area (Å²) in [5, 5.41) is 13.1. The Hall–Kier alpha value is -1.87. The lowest BCUT2D eigenvalue weighted by Gasteiger charge is -2.18. The Morgan fingerprint density at radius 2 is 1.82 bits per heavy atom. The molecule has 2 aromatic carbocycles. The molecule has 0 unspecified atom stereocenters. The fraction of sp³-hybridized carbons (Fsp3) is 0.214. The van der Waals surface area contributed by atoms with Gasteiger partial charge in [0.05, 0.1) is 5.97 Å². The summed E-state index contributed by atoms with van der Waals surface area (Å²) in [6.07, 6.45) is 0. The number of fused-ring (bicyclic) bond motifs is 1. The van der Waals surface area contributed by atoms with Crippen molar-refractivity contribution in [3.8, 4) is 0 Å². The van der Waals surface area contributed by atoms with Gasteiger partial charge in [0, 0.05) is 5.92 Å². The Bertz CT molecular complexity index is 551. The summed E-state index contributed by atoms with van der Waals surface area (Å²) in [5.41, 5.74) is 4.61. The van der Waals surface area contributed by atoms with Crippen molar-refractivity contribution in [1.82, 2.24) is 0 Å². The smallest absolute Gasteiger partial charge is 0.131 e. The molecule has 0 aliphatic heterocycles. The van der Waals surface area contributed by atoms with Gasteiger partial charge in [-0.1, -0.05) is 49.4 Å². The molecule has 3 heteroatoms. The number of aliphatic carboxylic acids is 1. The number of quaternary nitrogens is 1. The van der Waals surface area contributed by atoms with Crippen LogP contribution in [0.5, 0.6) is 0 Å². The first kappa shape index (κ1) is 11.6. The zero-order valence-corrected chi connectivity index (χ0v) is 9.72. The third-order valence-corrected chi connectivity index (χ3v) is 3.21. The number of hydrogen-bond acceptors (Lipinski definition) is 2. The summed E-state index contributed by atoms with van der Waals surface area (Å²) in [5.74, 6) is -1.25. The van der Waals surface area contributed by atoms with Gasteiger partial charge >= 0.3 is 0 Å². The fourth-order valence-corrected chi connectivity index (χ4v) is 1.93. The van der Waals surface area contributed by atoms with E-state index in [1.807, 2.05) is 49.4 Å². The van der Waals surface area contributed by atoms with E-state index in [0.717, 1.165) is 16.3 Å². The highest BCUT2D eigenvalue weighted by Gasteiger charge is 2.19. The Morgan fingerprint density at radius 1 is 1.18 bits per heavy atom.